The number of amides is 2. The molecule has 0 spiro atoms. The number of nitrogens with one attached hydrogen (secondary N) is 2. The fourth-order valence-corrected chi connectivity index (χ4v) is 5.09. The molecule has 3 rings (SSSR count). The molecule has 0 fully saturated rings. The molecule has 0 aromatic heterocycles. The predicted octanol–water partition coefficient (Wildman–Crippen LogP) is 4.44. The van der Waals surface area contributed by atoms with Gasteiger partial charge in [0.2, 0.25) is 5.91 Å². The average Bonchev–Trinajstić information content (AvgIpc) is 2.85. The molecule has 1 heterocycles. The summed E-state index contributed by atoms with van der Waals surface area (Å²) in [4.78, 5) is 23.2. The van der Waals surface area contributed by atoms with Crippen molar-refractivity contribution in [3.05, 3.63) is 48.3 Å². The molecule has 214 valence electrons. The summed E-state index contributed by atoms with van der Waals surface area (Å²) in [6.07, 6.45) is -12.1. The van der Waals surface area contributed by atoms with E-state index < -0.39 is 58.6 Å². The summed E-state index contributed by atoms with van der Waals surface area (Å²) >= 11 is 0. The number of hydrogen-bond donors (Lipinski definition) is 2. The Morgan fingerprint density at radius 2 is 1.77 bits per heavy atom. The number of halogens is 6. The van der Waals surface area contributed by atoms with Crippen LogP contribution >= 0.6 is 0 Å². The number of benzene rings is 2. The van der Waals surface area contributed by atoms with Crippen LogP contribution in [0.1, 0.15) is 20.3 Å². The number of sulfonamides is 1. The summed E-state index contributed by atoms with van der Waals surface area (Å²) in [5.74, 6) is -6.43. The first-order chi connectivity index (χ1) is 18.1. The van der Waals surface area contributed by atoms with Gasteiger partial charge in [0.25, 0.3) is 10.0 Å². The van der Waals surface area contributed by atoms with Gasteiger partial charge in [-0.2, -0.15) is 22.0 Å². The minimum absolute atomic E-state index is 0.0174. The highest BCUT2D eigenvalue weighted by atomic mass is 32.2. The molecule has 1 unspecified atom stereocenters. The molecule has 2 amide bonds. The van der Waals surface area contributed by atoms with E-state index in [1.54, 1.807) is 0 Å². The maximum absolute atomic E-state index is 13.7. The number of nitrogens with zero attached hydrogens (tertiary/aromatic N) is 1. The van der Waals surface area contributed by atoms with Gasteiger partial charge in [-0.15, -0.1) is 0 Å². The topological polar surface area (TPSA) is 114 Å². The van der Waals surface area contributed by atoms with E-state index in [0.717, 1.165) is 41.6 Å². The van der Waals surface area contributed by atoms with Crippen LogP contribution in [0.5, 0.6) is 5.75 Å². The van der Waals surface area contributed by atoms with Crippen LogP contribution in [0.3, 0.4) is 0 Å². The maximum Gasteiger partial charge on any atom is 0.457 e. The lowest BCUT2D eigenvalue weighted by Crippen LogP contribution is -2.49. The van der Waals surface area contributed by atoms with Crippen molar-refractivity contribution in [1.29, 1.82) is 0 Å². The first-order valence-electron chi connectivity index (χ1n) is 11.3. The van der Waals surface area contributed by atoms with Gasteiger partial charge in [-0.1, -0.05) is 6.92 Å². The Morgan fingerprint density at radius 3 is 2.33 bits per heavy atom. The first-order valence-corrected chi connectivity index (χ1v) is 12.8. The maximum atomic E-state index is 13.7. The molecule has 0 radical (unpaired) electrons. The lowest BCUT2D eigenvalue weighted by Gasteiger charge is -2.35. The van der Waals surface area contributed by atoms with E-state index in [1.165, 1.54) is 19.1 Å². The van der Waals surface area contributed by atoms with Gasteiger partial charge in [0.15, 0.2) is 6.10 Å². The van der Waals surface area contributed by atoms with Crippen LogP contribution in [-0.2, 0) is 19.6 Å². The van der Waals surface area contributed by atoms with Gasteiger partial charge in [-0.05, 0) is 48.9 Å². The quantitative estimate of drug-likeness (QED) is 0.445. The zero-order valence-electron chi connectivity index (χ0n) is 20.4. The van der Waals surface area contributed by atoms with Gasteiger partial charge < -0.3 is 14.8 Å². The molecule has 39 heavy (non-hydrogen) atoms. The fraction of sp³-hybridized carbons (Fsp3) is 0.391. The summed E-state index contributed by atoms with van der Waals surface area (Å²) in [6, 6.07) is 7.37. The number of anilines is 2. The van der Waals surface area contributed by atoms with E-state index >= 15 is 0 Å². The van der Waals surface area contributed by atoms with Crippen LogP contribution in [0.2, 0.25) is 0 Å². The Kier molecular flexibility index (Phi) is 8.57. The molecule has 0 saturated heterocycles. The number of carbonyl (C=O) groups excluding carboxylic acids is 2. The first kappa shape index (κ1) is 29.9. The highest BCUT2D eigenvalue weighted by molar-refractivity contribution is 7.92. The Balaban J connectivity index is 1.92. The van der Waals surface area contributed by atoms with Crippen LogP contribution in [0.25, 0.3) is 0 Å². The predicted molar refractivity (Wildman–Crippen MR) is 126 cm³/mol. The van der Waals surface area contributed by atoms with Gasteiger partial charge in [-0.25, -0.2) is 17.6 Å². The Labute approximate surface area is 219 Å². The van der Waals surface area contributed by atoms with E-state index in [2.05, 4.69) is 10.1 Å². The third-order valence-electron chi connectivity index (χ3n) is 5.52. The van der Waals surface area contributed by atoms with Gasteiger partial charge >= 0.3 is 18.2 Å². The third kappa shape index (κ3) is 6.66. The molecule has 9 nitrogen and oxygen atoms in total. The van der Waals surface area contributed by atoms with Gasteiger partial charge in [0.05, 0.1) is 23.7 Å². The standard InChI is InChI=1S/C23H23F6N3O6S/c1-3-20(22(25,26)23(27,28)29)38-21(34)31-15-6-9-19-18(10-15)32(12-16(37-19)11-30-13(2)33)39(35,36)17-7-4-14(24)5-8-17/h4-10,16,20H,3,11-12H2,1-2H3,(H,30,33)(H,31,34)/t16-,20?/m0/s1. The number of carbonyl (C=O) groups is 2. The molecule has 2 aromatic rings. The summed E-state index contributed by atoms with van der Waals surface area (Å²) in [5, 5.41) is 4.50. The highest BCUT2D eigenvalue weighted by Gasteiger charge is 2.63. The number of rotatable bonds is 8. The largest absolute Gasteiger partial charge is 0.484 e. The molecular formula is C23H23F6N3O6S. The minimum Gasteiger partial charge on any atom is -0.484 e. The Morgan fingerprint density at radius 1 is 1.13 bits per heavy atom. The molecule has 0 saturated carbocycles. The third-order valence-corrected chi connectivity index (χ3v) is 7.31. The number of hydrogen-bond acceptors (Lipinski definition) is 6. The summed E-state index contributed by atoms with van der Waals surface area (Å²) in [6.45, 7) is 1.80. The summed E-state index contributed by atoms with van der Waals surface area (Å²) < 4.78 is 117. The smallest absolute Gasteiger partial charge is 0.457 e. The molecule has 0 bridgehead atoms. The zero-order valence-corrected chi connectivity index (χ0v) is 21.2. The van der Waals surface area contributed by atoms with E-state index in [1.807, 2.05) is 5.32 Å². The normalized spacial score (nSPS) is 16.5. The van der Waals surface area contributed by atoms with Gasteiger partial charge in [0.1, 0.15) is 17.7 Å². The van der Waals surface area contributed by atoms with Crippen molar-refractivity contribution in [1.82, 2.24) is 5.32 Å². The van der Waals surface area contributed by atoms with E-state index in [9.17, 15) is 44.3 Å². The van der Waals surface area contributed by atoms with E-state index in [0.29, 0.717) is 0 Å². The lowest BCUT2D eigenvalue weighted by molar-refractivity contribution is -0.311. The van der Waals surface area contributed by atoms with Crippen molar-refractivity contribution in [3.63, 3.8) is 0 Å². The Bertz CT molecular complexity index is 1320. The van der Waals surface area contributed by atoms with Crippen LogP contribution in [0.15, 0.2) is 47.4 Å². The van der Waals surface area contributed by atoms with E-state index in [-0.39, 0.29) is 35.1 Å². The number of fused-ring (bicyclic) bond motifs is 1. The van der Waals surface area contributed by atoms with Gasteiger partial charge in [-0.3, -0.25) is 14.4 Å². The molecule has 1 aliphatic rings. The van der Waals surface area contributed by atoms with Crippen molar-refractivity contribution >= 4 is 33.4 Å². The summed E-state index contributed by atoms with van der Waals surface area (Å²) in [7, 11) is -4.36. The molecule has 0 aliphatic carbocycles. The van der Waals surface area contributed by atoms with Gasteiger partial charge in [0, 0.05) is 12.6 Å². The summed E-state index contributed by atoms with van der Waals surface area (Å²) in [5.41, 5.74) is -0.351. The van der Waals surface area contributed by atoms with Crippen molar-refractivity contribution in [2.24, 2.45) is 0 Å². The van der Waals surface area contributed by atoms with Crippen molar-refractivity contribution in [3.8, 4) is 5.75 Å². The second-order valence-corrected chi connectivity index (χ2v) is 10.3. The van der Waals surface area contributed by atoms with Crippen molar-refractivity contribution in [2.75, 3.05) is 22.7 Å². The SMILES string of the molecule is CCC(OC(=O)Nc1ccc2c(c1)N(S(=O)(=O)c1ccc(F)cc1)C[C@H](CNC(C)=O)O2)C(F)(F)C(F)(F)F. The van der Waals surface area contributed by atoms with Crippen molar-refractivity contribution in [2.45, 2.75) is 49.5 Å². The zero-order chi connectivity index (χ0) is 29.2. The molecule has 16 heteroatoms. The molecule has 2 aromatic carbocycles. The molecule has 1 aliphatic heterocycles. The highest BCUT2D eigenvalue weighted by Crippen LogP contribution is 2.41. The van der Waals surface area contributed by atoms with Crippen LogP contribution < -0.4 is 19.7 Å². The molecule has 2 atom stereocenters. The minimum atomic E-state index is -5.96. The number of alkyl halides is 5. The fourth-order valence-electron chi connectivity index (χ4n) is 3.59. The van der Waals surface area contributed by atoms with Crippen molar-refractivity contribution < 1.29 is 53.8 Å². The van der Waals surface area contributed by atoms with E-state index in [4.69, 9.17) is 4.74 Å². The number of ether oxygens (including phenoxy) is 2. The monoisotopic (exact) mass is 583 g/mol. The lowest BCUT2D eigenvalue weighted by atomic mass is 10.1. The second-order valence-electron chi connectivity index (χ2n) is 8.40. The van der Waals surface area contributed by atoms with Crippen LogP contribution in [-0.4, -0.2) is 57.8 Å². The molecule has 2 N–H and O–H groups in total. The Hall–Kier alpha value is -3.69. The van der Waals surface area contributed by atoms with Crippen LogP contribution in [0, 0.1) is 5.82 Å². The average molecular weight is 584 g/mol. The second kappa shape index (κ2) is 11.2. The molecular weight excluding hydrogens is 560 g/mol. The van der Waals surface area contributed by atoms with Crippen LogP contribution in [0.4, 0.5) is 42.5 Å².